The Hall–Kier alpha value is -1.70. The van der Waals surface area contributed by atoms with Crippen LogP contribution in [-0.4, -0.2) is 6.10 Å². The molecular formula is C16H21NO. The summed E-state index contributed by atoms with van der Waals surface area (Å²) >= 11 is 0. The van der Waals surface area contributed by atoms with Gasteiger partial charge < -0.3 is 10.5 Å². The maximum atomic E-state index is 6.05. The van der Waals surface area contributed by atoms with E-state index in [1.165, 1.54) is 12.8 Å². The van der Waals surface area contributed by atoms with Crippen molar-refractivity contribution < 1.29 is 4.74 Å². The third kappa shape index (κ3) is 2.95. The largest absolute Gasteiger partial charge is 0.491 e. The number of nitrogen functional groups attached to an aromatic ring is 1. The van der Waals surface area contributed by atoms with Gasteiger partial charge in [0.2, 0.25) is 0 Å². The second kappa shape index (κ2) is 5.76. The van der Waals surface area contributed by atoms with Crippen molar-refractivity contribution >= 4 is 16.5 Å². The maximum absolute atomic E-state index is 6.05. The molecule has 2 aromatic carbocycles. The Morgan fingerprint density at radius 1 is 1.22 bits per heavy atom. The topological polar surface area (TPSA) is 35.2 Å². The van der Waals surface area contributed by atoms with Crippen LogP contribution in [0.2, 0.25) is 0 Å². The number of hydrogen-bond acceptors (Lipinski definition) is 2. The molecule has 2 nitrogen and oxygen atoms in total. The molecule has 0 aliphatic rings. The minimum Gasteiger partial charge on any atom is -0.491 e. The average molecular weight is 243 g/mol. The minimum absolute atomic E-state index is 0.241. The quantitative estimate of drug-likeness (QED) is 0.791. The summed E-state index contributed by atoms with van der Waals surface area (Å²) < 4.78 is 5.93. The molecule has 1 atom stereocenters. The molecule has 0 heterocycles. The first-order valence-corrected chi connectivity index (χ1v) is 6.65. The number of benzene rings is 2. The van der Waals surface area contributed by atoms with E-state index in [1.807, 2.05) is 24.3 Å². The number of rotatable bonds is 5. The summed E-state index contributed by atoms with van der Waals surface area (Å²) in [4.78, 5) is 0. The summed E-state index contributed by atoms with van der Waals surface area (Å²) in [5.74, 6) is 0.870. The first-order valence-electron chi connectivity index (χ1n) is 6.65. The van der Waals surface area contributed by atoms with Crippen molar-refractivity contribution in [2.75, 3.05) is 5.73 Å². The zero-order valence-electron chi connectivity index (χ0n) is 11.1. The van der Waals surface area contributed by atoms with E-state index in [4.69, 9.17) is 10.5 Å². The SMILES string of the molecule is CCCCC(C)Oc1cc(N)c2ccccc2c1. The smallest absolute Gasteiger partial charge is 0.122 e. The van der Waals surface area contributed by atoms with Gasteiger partial charge in [-0.1, -0.05) is 44.0 Å². The molecule has 96 valence electrons. The molecule has 0 radical (unpaired) electrons. The maximum Gasteiger partial charge on any atom is 0.122 e. The lowest BCUT2D eigenvalue weighted by molar-refractivity contribution is 0.208. The van der Waals surface area contributed by atoms with Crippen molar-refractivity contribution in [1.29, 1.82) is 0 Å². The van der Waals surface area contributed by atoms with Gasteiger partial charge in [-0.15, -0.1) is 0 Å². The van der Waals surface area contributed by atoms with E-state index in [-0.39, 0.29) is 6.10 Å². The highest BCUT2D eigenvalue weighted by atomic mass is 16.5. The zero-order chi connectivity index (χ0) is 13.0. The highest BCUT2D eigenvalue weighted by Gasteiger charge is 2.06. The van der Waals surface area contributed by atoms with Crippen molar-refractivity contribution in [1.82, 2.24) is 0 Å². The molecular weight excluding hydrogens is 222 g/mol. The molecule has 0 saturated heterocycles. The Morgan fingerprint density at radius 3 is 2.78 bits per heavy atom. The third-order valence-corrected chi connectivity index (χ3v) is 3.17. The molecule has 2 aromatic rings. The molecule has 2 rings (SSSR count). The molecule has 0 aliphatic heterocycles. The van der Waals surface area contributed by atoms with E-state index in [0.717, 1.165) is 28.6 Å². The Balaban J connectivity index is 2.19. The first kappa shape index (κ1) is 12.7. The van der Waals surface area contributed by atoms with Crippen LogP contribution in [0.4, 0.5) is 5.69 Å². The van der Waals surface area contributed by atoms with E-state index in [2.05, 4.69) is 26.0 Å². The van der Waals surface area contributed by atoms with Gasteiger partial charge in [0.1, 0.15) is 5.75 Å². The van der Waals surface area contributed by atoms with Crippen LogP contribution in [0.3, 0.4) is 0 Å². The standard InChI is InChI=1S/C16H21NO/c1-3-4-7-12(2)18-14-10-13-8-5-6-9-15(13)16(17)11-14/h5-6,8-12H,3-4,7,17H2,1-2H3. The fraction of sp³-hybridized carbons (Fsp3) is 0.375. The molecule has 0 saturated carbocycles. The number of anilines is 1. The number of unbranched alkanes of at least 4 members (excludes halogenated alkanes) is 1. The number of hydrogen-bond donors (Lipinski definition) is 1. The van der Waals surface area contributed by atoms with E-state index < -0.39 is 0 Å². The predicted octanol–water partition coefficient (Wildman–Crippen LogP) is 4.38. The summed E-state index contributed by atoms with van der Waals surface area (Å²) in [6.07, 6.45) is 3.73. The first-order chi connectivity index (χ1) is 8.70. The van der Waals surface area contributed by atoms with Crippen LogP contribution in [0.25, 0.3) is 10.8 Å². The lowest BCUT2D eigenvalue weighted by Gasteiger charge is -2.15. The van der Waals surface area contributed by atoms with E-state index >= 15 is 0 Å². The fourth-order valence-corrected chi connectivity index (χ4v) is 2.16. The summed E-state index contributed by atoms with van der Waals surface area (Å²) in [6, 6.07) is 12.1. The number of ether oxygens (including phenoxy) is 1. The van der Waals surface area contributed by atoms with Gasteiger partial charge in [-0.3, -0.25) is 0 Å². The summed E-state index contributed by atoms with van der Waals surface area (Å²) in [5.41, 5.74) is 6.84. The van der Waals surface area contributed by atoms with Gasteiger partial charge in [0.05, 0.1) is 6.10 Å². The summed E-state index contributed by atoms with van der Waals surface area (Å²) in [5, 5.41) is 2.22. The average Bonchev–Trinajstić information content (AvgIpc) is 2.36. The Labute approximate surface area is 109 Å². The molecule has 0 aliphatic carbocycles. The van der Waals surface area contributed by atoms with Crippen LogP contribution >= 0.6 is 0 Å². The van der Waals surface area contributed by atoms with Crippen molar-refractivity contribution in [2.24, 2.45) is 0 Å². The van der Waals surface area contributed by atoms with Gasteiger partial charge >= 0.3 is 0 Å². The van der Waals surface area contributed by atoms with E-state index in [9.17, 15) is 0 Å². The number of fused-ring (bicyclic) bond motifs is 1. The monoisotopic (exact) mass is 243 g/mol. The molecule has 2 heteroatoms. The Bertz CT molecular complexity index is 521. The third-order valence-electron chi connectivity index (χ3n) is 3.17. The van der Waals surface area contributed by atoms with E-state index in [0.29, 0.717) is 0 Å². The molecule has 0 amide bonds. The molecule has 2 N–H and O–H groups in total. The van der Waals surface area contributed by atoms with Gasteiger partial charge in [0.15, 0.2) is 0 Å². The van der Waals surface area contributed by atoms with Crippen molar-refractivity contribution in [3.05, 3.63) is 36.4 Å². The lowest BCUT2D eigenvalue weighted by Crippen LogP contribution is -2.11. The van der Waals surface area contributed by atoms with Crippen LogP contribution in [-0.2, 0) is 0 Å². The second-order valence-corrected chi connectivity index (χ2v) is 4.80. The predicted molar refractivity (Wildman–Crippen MR) is 78.0 cm³/mol. The van der Waals surface area contributed by atoms with Crippen LogP contribution in [0.1, 0.15) is 33.1 Å². The highest BCUT2D eigenvalue weighted by Crippen LogP contribution is 2.28. The second-order valence-electron chi connectivity index (χ2n) is 4.80. The van der Waals surface area contributed by atoms with Crippen molar-refractivity contribution in [2.45, 2.75) is 39.2 Å². The van der Waals surface area contributed by atoms with Gasteiger partial charge in [-0.05, 0) is 24.8 Å². The van der Waals surface area contributed by atoms with Crippen molar-refractivity contribution in [3.8, 4) is 5.75 Å². The van der Waals surface area contributed by atoms with Gasteiger partial charge in [-0.2, -0.15) is 0 Å². The van der Waals surface area contributed by atoms with Crippen molar-refractivity contribution in [3.63, 3.8) is 0 Å². The van der Waals surface area contributed by atoms with E-state index in [1.54, 1.807) is 0 Å². The van der Waals surface area contributed by atoms with Crippen LogP contribution < -0.4 is 10.5 Å². The van der Waals surface area contributed by atoms with Crippen LogP contribution in [0.5, 0.6) is 5.75 Å². The fourth-order valence-electron chi connectivity index (χ4n) is 2.16. The summed E-state index contributed by atoms with van der Waals surface area (Å²) in [6.45, 7) is 4.31. The highest BCUT2D eigenvalue weighted by molar-refractivity contribution is 5.94. The molecule has 1 unspecified atom stereocenters. The van der Waals surface area contributed by atoms with Gasteiger partial charge in [-0.25, -0.2) is 0 Å². The van der Waals surface area contributed by atoms with Gasteiger partial charge in [0, 0.05) is 17.1 Å². The summed E-state index contributed by atoms with van der Waals surface area (Å²) in [7, 11) is 0. The Kier molecular flexibility index (Phi) is 4.08. The molecule has 0 spiro atoms. The normalized spacial score (nSPS) is 12.6. The lowest BCUT2D eigenvalue weighted by atomic mass is 10.1. The van der Waals surface area contributed by atoms with Crippen LogP contribution in [0, 0.1) is 0 Å². The molecule has 0 bridgehead atoms. The zero-order valence-corrected chi connectivity index (χ0v) is 11.1. The molecule has 18 heavy (non-hydrogen) atoms. The number of nitrogens with two attached hydrogens (primary N) is 1. The van der Waals surface area contributed by atoms with Gasteiger partial charge in [0.25, 0.3) is 0 Å². The molecule has 0 fully saturated rings. The molecule has 0 aromatic heterocycles. The Morgan fingerprint density at radius 2 is 2.00 bits per heavy atom. The minimum atomic E-state index is 0.241. The van der Waals surface area contributed by atoms with Crippen LogP contribution in [0.15, 0.2) is 36.4 Å².